The van der Waals surface area contributed by atoms with Gasteiger partial charge in [0.05, 0.1) is 37.2 Å². The number of nitrogens with one attached hydrogen (secondary N) is 1. The van der Waals surface area contributed by atoms with Crippen molar-refractivity contribution < 1.29 is 28.6 Å². The summed E-state index contributed by atoms with van der Waals surface area (Å²) in [6.07, 6.45) is 1.28. The Morgan fingerprint density at radius 3 is 2.50 bits per heavy atom. The van der Waals surface area contributed by atoms with Gasteiger partial charge in [-0.2, -0.15) is 10.2 Å². The number of amides is 2. The zero-order valence-corrected chi connectivity index (χ0v) is 22.7. The second-order valence-corrected chi connectivity index (χ2v) is 10.6. The topological polar surface area (TPSA) is 130 Å². The minimum Gasteiger partial charge on any atom is -0.496 e. The fourth-order valence-corrected chi connectivity index (χ4v) is 5.54. The van der Waals surface area contributed by atoms with Crippen LogP contribution in [0.3, 0.4) is 0 Å². The molecule has 2 amide bonds. The van der Waals surface area contributed by atoms with E-state index in [1.165, 1.54) is 55.2 Å². The predicted molar refractivity (Wildman–Crippen MR) is 138 cm³/mol. The smallest absolute Gasteiger partial charge is 0.261 e. The second kappa shape index (κ2) is 10.1. The fraction of sp³-hybridized carbons (Fsp3) is 0.400. The van der Waals surface area contributed by atoms with Gasteiger partial charge in [0.1, 0.15) is 27.1 Å². The summed E-state index contributed by atoms with van der Waals surface area (Å²) in [6, 6.07) is 3.35. The van der Waals surface area contributed by atoms with E-state index in [0.717, 1.165) is 22.3 Å². The molecule has 1 aliphatic heterocycles. The number of hydrogen-bond donors (Lipinski definition) is 2. The molecule has 3 heterocycles. The Bertz CT molecular complexity index is 1390. The van der Waals surface area contributed by atoms with Crippen molar-refractivity contribution >= 4 is 33.9 Å². The largest absolute Gasteiger partial charge is 0.496 e. The Hall–Kier alpha value is -3.84. The zero-order chi connectivity index (χ0) is 27.9. The number of fused-ring (bicyclic) bond motifs is 1. The van der Waals surface area contributed by atoms with E-state index < -0.39 is 41.9 Å². The molecule has 0 radical (unpaired) electrons. The molecule has 202 valence electrons. The molecule has 0 bridgehead atoms. The molecular formula is C25H29FN6O5S. The lowest BCUT2D eigenvalue weighted by Crippen LogP contribution is -2.67. The van der Waals surface area contributed by atoms with Crippen molar-refractivity contribution in [2.24, 2.45) is 0 Å². The van der Waals surface area contributed by atoms with Crippen LogP contribution in [0.2, 0.25) is 0 Å². The number of benzene rings is 1. The van der Waals surface area contributed by atoms with Gasteiger partial charge < -0.3 is 20.1 Å². The number of anilines is 1. The molecule has 3 aromatic rings. The maximum absolute atomic E-state index is 14.0. The standard InChI is InChI=1S/C25H29FN6O5S/c1-13(2)29-23(35)25(4,5)31-20(34)19-14(3)21(32-27-9-10-28-32)38-22(19)30(24(31)36)12-17(33)16-11-15(26)7-8-18(16)37-6/h7-11,13,24,36H,12H2,1-6H3,(H,29,35). The number of ether oxygens (including phenoxy) is 1. The number of ketones is 1. The van der Waals surface area contributed by atoms with Crippen LogP contribution >= 0.6 is 11.3 Å². The van der Waals surface area contributed by atoms with Crippen LogP contribution in [0, 0.1) is 12.7 Å². The SMILES string of the molecule is COc1ccc(F)cc1C(=O)CN1c2sc(-n3nccn3)c(C)c2C(=O)N(C(C)(C)C(=O)NC(C)C)C1O. The second-order valence-electron chi connectivity index (χ2n) is 9.64. The number of rotatable bonds is 8. The number of Topliss-reactive ketones (excluding diaryl/α,β-unsaturated/α-hetero) is 1. The van der Waals surface area contributed by atoms with Gasteiger partial charge >= 0.3 is 0 Å². The van der Waals surface area contributed by atoms with Crippen molar-refractivity contribution in [1.29, 1.82) is 0 Å². The number of carbonyl (C=O) groups is 3. The molecule has 0 saturated heterocycles. The van der Waals surface area contributed by atoms with Gasteiger partial charge in [-0.15, -0.1) is 4.80 Å². The Kier molecular flexibility index (Phi) is 7.26. The van der Waals surface area contributed by atoms with E-state index in [9.17, 15) is 23.9 Å². The Morgan fingerprint density at radius 2 is 1.89 bits per heavy atom. The summed E-state index contributed by atoms with van der Waals surface area (Å²) in [5, 5.41) is 23.4. The van der Waals surface area contributed by atoms with Crippen molar-refractivity contribution in [1.82, 2.24) is 25.2 Å². The van der Waals surface area contributed by atoms with Crippen LogP contribution in [0.15, 0.2) is 30.6 Å². The molecule has 2 N–H and O–H groups in total. The van der Waals surface area contributed by atoms with Gasteiger partial charge in [0.2, 0.25) is 12.3 Å². The molecule has 0 aliphatic carbocycles. The summed E-state index contributed by atoms with van der Waals surface area (Å²) < 4.78 is 19.3. The third-order valence-electron chi connectivity index (χ3n) is 6.26. The monoisotopic (exact) mass is 544 g/mol. The van der Waals surface area contributed by atoms with Gasteiger partial charge in [0.25, 0.3) is 5.91 Å². The molecule has 1 aliphatic rings. The van der Waals surface area contributed by atoms with E-state index in [2.05, 4.69) is 15.5 Å². The molecule has 13 heteroatoms. The van der Waals surface area contributed by atoms with Crippen molar-refractivity contribution in [3.8, 4) is 10.8 Å². The normalized spacial score (nSPS) is 15.6. The molecule has 1 atom stereocenters. The first-order chi connectivity index (χ1) is 17.9. The van der Waals surface area contributed by atoms with Crippen LogP contribution in [0.25, 0.3) is 5.00 Å². The van der Waals surface area contributed by atoms with Gasteiger partial charge in [-0.1, -0.05) is 11.3 Å². The summed E-state index contributed by atoms with van der Waals surface area (Å²) in [5.41, 5.74) is -0.806. The molecular weight excluding hydrogens is 515 g/mol. The third kappa shape index (κ3) is 4.63. The number of carbonyl (C=O) groups excluding carboxylic acids is 3. The van der Waals surface area contributed by atoms with Gasteiger partial charge in [0, 0.05) is 11.6 Å². The van der Waals surface area contributed by atoms with Crippen molar-refractivity contribution in [3.63, 3.8) is 0 Å². The molecule has 4 rings (SSSR count). The van der Waals surface area contributed by atoms with Crippen LogP contribution in [0.4, 0.5) is 9.39 Å². The number of thiophene rings is 1. The van der Waals surface area contributed by atoms with Gasteiger partial charge in [-0.3, -0.25) is 19.3 Å². The highest BCUT2D eigenvalue weighted by Crippen LogP contribution is 2.44. The van der Waals surface area contributed by atoms with Crippen LogP contribution < -0.4 is 15.0 Å². The molecule has 38 heavy (non-hydrogen) atoms. The average Bonchev–Trinajstić information content (AvgIpc) is 3.49. The van der Waals surface area contributed by atoms with E-state index in [4.69, 9.17) is 4.74 Å². The minimum atomic E-state index is -1.69. The van der Waals surface area contributed by atoms with Gasteiger partial charge in [-0.25, -0.2) is 4.39 Å². The first kappa shape index (κ1) is 27.2. The molecule has 1 unspecified atom stereocenters. The number of aromatic nitrogens is 3. The van der Waals surface area contributed by atoms with Crippen LogP contribution in [0.1, 0.15) is 54.0 Å². The van der Waals surface area contributed by atoms with E-state index in [0.29, 0.717) is 15.6 Å². The maximum Gasteiger partial charge on any atom is 0.261 e. The van der Waals surface area contributed by atoms with E-state index in [1.54, 1.807) is 20.8 Å². The summed E-state index contributed by atoms with van der Waals surface area (Å²) in [7, 11) is 1.36. The van der Waals surface area contributed by atoms with Gasteiger partial charge in [-0.05, 0) is 52.8 Å². The summed E-state index contributed by atoms with van der Waals surface area (Å²) in [6.45, 7) is 7.87. The summed E-state index contributed by atoms with van der Waals surface area (Å²) in [5.74, 6) is -2.10. The Balaban J connectivity index is 1.84. The Morgan fingerprint density at radius 1 is 1.24 bits per heavy atom. The first-order valence-corrected chi connectivity index (χ1v) is 12.7. The predicted octanol–water partition coefficient (Wildman–Crippen LogP) is 2.51. The van der Waals surface area contributed by atoms with Gasteiger partial charge in [0.15, 0.2) is 5.78 Å². The summed E-state index contributed by atoms with van der Waals surface area (Å²) in [4.78, 5) is 44.2. The molecule has 1 aromatic carbocycles. The highest BCUT2D eigenvalue weighted by atomic mass is 32.1. The molecule has 0 fully saturated rings. The van der Waals surface area contributed by atoms with E-state index in [-0.39, 0.29) is 22.9 Å². The van der Waals surface area contributed by atoms with Crippen LogP contribution in [-0.2, 0) is 4.79 Å². The van der Waals surface area contributed by atoms with Crippen LogP contribution in [-0.4, -0.2) is 74.2 Å². The van der Waals surface area contributed by atoms with Crippen LogP contribution in [0.5, 0.6) is 5.75 Å². The van der Waals surface area contributed by atoms with Crippen molar-refractivity contribution in [3.05, 3.63) is 53.1 Å². The lowest BCUT2D eigenvalue weighted by Gasteiger charge is -2.47. The van der Waals surface area contributed by atoms with E-state index in [1.807, 2.05) is 0 Å². The number of methoxy groups -OCH3 is 1. The fourth-order valence-electron chi connectivity index (χ4n) is 4.30. The van der Waals surface area contributed by atoms with E-state index >= 15 is 0 Å². The zero-order valence-electron chi connectivity index (χ0n) is 21.9. The Labute approximate surface area is 222 Å². The van der Waals surface area contributed by atoms with Crippen molar-refractivity contribution in [2.75, 3.05) is 18.6 Å². The average molecular weight is 545 g/mol. The molecule has 11 nitrogen and oxygen atoms in total. The highest BCUT2D eigenvalue weighted by Gasteiger charge is 2.50. The quantitative estimate of drug-likeness (QED) is 0.414. The lowest BCUT2D eigenvalue weighted by atomic mass is 9.97. The first-order valence-electron chi connectivity index (χ1n) is 11.8. The number of halogens is 1. The molecule has 2 aromatic heterocycles. The lowest BCUT2D eigenvalue weighted by molar-refractivity contribution is -0.137. The van der Waals surface area contributed by atoms with Crippen molar-refractivity contribution in [2.45, 2.75) is 52.6 Å². The highest BCUT2D eigenvalue weighted by molar-refractivity contribution is 7.19. The molecule has 0 spiro atoms. The third-order valence-corrected chi connectivity index (χ3v) is 7.56. The number of hydrogen-bond acceptors (Lipinski definition) is 9. The number of aliphatic hydroxyl groups is 1. The maximum atomic E-state index is 14.0. The minimum absolute atomic E-state index is 0.0243. The number of aliphatic hydroxyl groups excluding tert-OH is 1. The number of nitrogens with zero attached hydrogens (tertiary/aromatic N) is 5. The molecule has 0 saturated carbocycles. The summed E-state index contributed by atoms with van der Waals surface area (Å²) >= 11 is 1.12.